The first-order chi connectivity index (χ1) is 8.33. The van der Waals surface area contributed by atoms with Crippen molar-refractivity contribution >= 4 is 11.8 Å². The van der Waals surface area contributed by atoms with Gasteiger partial charge in [0.25, 0.3) is 11.8 Å². The molecular weight excluding hydrogens is 224 g/mol. The summed E-state index contributed by atoms with van der Waals surface area (Å²) in [7, 11) is 0. The molecule has 0 radical (unpaired) electrons. The van der Waals surface area contributed by atoms with Crippen LogP contribution in [0.1, 0.15) is 0 Å². The first-order valence-corrected chi connectivity index (χ1v) is 5.30. The Labute approximate surface area is 96.7 Å². The van der Waals surface area contributed by atoms with Crippen molar-refractivity contribution in [1.29, 1.82) is 0 Å². The highest BCUT2D eigenvalue weighted by molar-refractivity contribution is 5.53. The number of hydrogen-bond donors (Lipinski definition) is 2. The predicted molar refractivity (Wildman–Crippen MR) is 59.3 cm³/mol. The van der Waals surface area contributed by atoms with Crippen LogP contribution in [0.2, 0.25) is 0 Å². The average molecular weight is 236 g/mol. The van der Waals surface area contributed by atoms with Gasteiger partial charge in [0.2, 0.25) is 0 Å². The minimum Gasteiger partial charge on any atom is -0.382 e. The number of nitrogen functional groups attached to an aromatic ring is 1. The average Bonchev–Trinajstić information content (AvgIpc) is 2.98. The van der Waals surface area contributed by atoms with Gasteiger partial charge in [-0.25, -0.2) is 0 Å². The lowest BCUT2D eigenvalue weighted by atomic mass is 10.4. The van der Waals surface area contributed by atoms with Crippen LogP contribution in [-0.2, 0) is 4.74 Å². The van der Waals surface area contributed by atoms with E-state index in [4.69, 9.17) is 15.0 Å². The predicted octanol–water partition coefficient (Wildman–Crippen LogP) is -0.122. The highest BCUT2D eigenvalue weighted by Crippen LogP contribution is 2.19. The third-order valence-electron chi connectivity index (χ3n) is 2.54. The van der Waals surface area contributed by atoms with E-state index in [0.717, 1.165) is 13.1 Å². The molecule has 8 nitrogen and oxygen atoms in total. The molecule has 0 aromatic carbocycles. The van der Waals surface area contributed by atoms with Crippen molar-refractivity contribution in [1.82, 2.24) is 20.3 Å². The summed E-state index contributed by atoms with van der Waals surface area (Å²) in [6, 6.07) is 1.65. The van der Waals surface area contributed by atoms with Gasteiger partial charge >= 0.3 is 0 Å². The summed E-state index contributed by atoms with van der Waals surface area (Å²) in [4.78, 5) is 6.29. The number of nitrogens with two attached hydrogens (primary N) is 1. The molecule has 0 bridgehead atoms. The summed E-state index contributed by atoms with van der Waals surface area (Å²) in [6.07, 6.45) is 0. The van der Waals surface area contributed by atoms with Gasteiger partial charge in [-0.2, -0.15) is 10.1 Å². The number of hydrogen-bond acceptors (Lipinski definition) is 7. The van der Waals surface area contributed by atoms with E-state index in [2.05, 4.69) is 20.3 Å². The molecule has 2 aromatic heterocycles. The quantitative estimate of drug-likeness (QED) is 0.748. The lowest BCUT2D eigenvalue weighted by molar-refractivity contribution is 0.121. The maximum atomic E-state index is 5.51. The van der Waals surface area contributed by atoms with Crippen LogP contribution in [0, 0.1) is 0 Å². The molecule has 17 heavy (non-hydrogen) atoms. The molecule has 0 aliphatic carbocycles. The number of aromatic nitrogens is 4. The smallest absolute Gasteiger partial charge is 0.277 e. The van der Waals surface area contributed by atoms with Gasteiger partial charge in [0.15, 0.2) is 0 Å². The van der Waals surface area contributed by atoms with E-state index in [1.807, 2.05) is 4.90 Å². The van der Waals surface area contributed by atoms with Gasteiger partial charge in [-0.1, -0.05) is 0 Å². The molecule has 2 aromatic rings. The van der Waals surface area contributed by atoms with Crippen LogP contribution in [-0.4, -0.2) is 46.6 Å². The fourth-order valence-corrected chi connectivity index (χ4v) is 1.66. The molecule has 90 valence electrons. The van der Waals surface area contributed by atoms with Gasteiger partial charge in [0, 0.05) is 19.2 Å². The van der Waals surface area contributed by atoms with Crippen molar-refractivity contribution in [2.45, 2.75) is 0 Å². The molecule has 3 rings (SSSR count). The number of morpholine rings is 1. The van der Waals surface area contributed by atoms with E-state index in [1.165, 1.54) is 0 Å². The topological polar surface area (TPSA) is 106 Å². The fraction of sp³-hybridized carbons (Fsp3) is 0.444. The number of aromatic amines is 1. The van der Waals surface area contributed by atoms with E-state index < -0.39 is 0 Å². The first kappa shape index (κ1) is 10.1. The summed E-state index contributed by atoms with van der Waals surface area (Å²) in [6.45, 7) is 2.90. The molecule has 1 fully saturated rings. The van der Waals surface area contributed by atoms with Crippen LogP contribution < -0.4 is 10.6 Å². The zero-order valence-corrected chi connectivity index (χ0v) is 9.09. The number of rotatable bonds is 2. The third kappa shape index (κ3) is 1.94. The van der Waals surface area contributed by atoms with Crippen molar-refractivity contribution in [3.63, 3.8) is 0 Å². The lowest BCUT2D eigenvalue weighted by Gasteiger charge is -2.24. The van der Waals surface area contributed by atoms with E-state index in [1.54, 1.807) is 6.07 Å². The summed E-state index contributed by atoms with van der Waals surface area (Å²) in [5.41, 5.74) is 6.13. The van der Waals surface area contributed by atoms with Gasteiger partial charge in [-0.15, -0.1) is 0 Å². The number of nitrogens with zero attached hydrogens (tertiary/aromatic N) is 4. The molecule has 0 spiro atoms. The molecule has 3 N–H and O–H groups in total. The SMILES string of the molecule is Nc1cc(-c2nc(N3CCOCC3)no2)[nH]n1. The molecule has 1 saturated heterocycles. The normalized spacial score (nSPS) is 16.4. The molecule has 0 unspecified atom stereocenters. The molecule has 1 aliphatic heterocycles. The Hall–Kier alpha value is -2.09. The van der Waals surface area contributed by atoms with Crippen molar-refractivity contribution in [2.24, 2.45) is 0 Å². The monoisotopic (exact) mass is 236 g/mol. The fourth-order valence-electron chi connectivity index (χ4n) is 1.66. The Morgan fingerprint density at radius 2 is 2.18 bits per heavy atom. The molecule has 0 atom stereocenters. The van der Waals surface area contributed by atoms with Crippen LogP contribution >= 0.6 is 0 Å². The maximum Gasteiger partial charge on any atom is 0.277 e. The lowest BCUT2D eigenvalue weighted by Crippen LogP contribution is -2.36. The zero-order chi connectivity index (χ0) is 11.7. The van der Waals surface area contributed by atoms with Crippen LogP contribution in [0.5, 0.6) is 0 Å². The second-order valence-corrected chi connectivity index (χ2v) is 3.71. The van der Waals surface area contributed by atoms with Gasteiger partial charge in [0.05, 0.1) is 13.2 Å². The number of anilines is 2. The van der Waals surface area contributed by atoms with Gasteiger partial charge in [-0.3, -0.25) is 5.10 Å². The number of H-pyrrole nitrogens is 1. The standard InChI is InChI=1S/C9H12N6O2/c10-7-5-6(12-13-7)8-11-9(14-17-8)15-1-3-16-4-2-15/h5H,1-4H2,(H3,10,12,13). The third-order valence-corrected chi connectivity index (χ3v) is 2.54. The Bertz CT molecular complexity index is 501. The first-order valence-electron chi connectivity index (χ1n) is 5.30. The van der Waals surface area contributed by atoms with E-state index in [9.17, 15) is 0 Å². The van der Waals surface area contributed by atoms with Crippen molar-refractivity contribution in [3.05, 3.63) is 6.07 Å². The largest absolute Gasteiger partial charge is 0.382 e. The van der Waals surface area contributed by atoms with Crippen LogP contribution in [0.3, 0.4) is 0 Å². The van der Waals surface area contributed by atoms with E-state index in [-0.39, 0.29) is 0 Å². The number of nitrogens with one attached hydrogen (secondary N) is 1. The highest BCUT2D eigenvalue weighted by Gasteiger charge is 2.18. The van der Waals surface area contributed by atoms with Crippen LogP contribution in [0.25, 0.3) is 11.6 Å². The molecular formula is C9H12N6O2. The second kappa shape index (κ2) is 4.06. The Morgan fingerprint density at radius 3 is 2.88 bits per heavy atom. The maximum absolute atomic E-state index is 5.51. The Morgan fingerprint density at radius 1 is 1.35 bits per heavy atom. The Kier molecular flexibility index (Phi) is 2.41. The summed E-state index contributed by atoms with van der Waals surface area (Å²) in [5.74, 6) is 1.35. The molecule has 3 heterocycles. The van der Waals surface area contributed by atoms with Gasteiger partial charge in [-0.05, 0) is 5.16 Å². The summed E-state index contributed by atoms with van der Waals surface area (Å²) < 4.78 is 10.4. The van der Waals surface area contributed by atoms with E-state index in [0.29, 0.717) is 36.6 Å². The molecule has 0 saturated carbocycles. The van der Waals surface area contributed by atoms with Crippen molar-refractivity contribution < 1.29 is 9.26 Å². The van der Waals surface area contributed by atoms with Crippen molar-refractivity contribution in [2.75, 3.05) is 36.9 Å². The summed E-state index contributed by atoms with van der Waals surface area (Å²) >= 11 is 0. The molecule has 8 heteroatoms. The summed E-state index contributed by atoms with van der Waals surface area (Å²) in [5, 5.41) is 10.5. The second-order valence-electron chi connectivity index (χ2n) is 3.71. The number of ether oxygens (including phenoxy) is 1. The minimum atomic E-state index is 0.385. The molecule has 1 aliphatic rings. The van der Waals surface area contributed by atoms with Gasteiger partial charge in [0.1, 0.15) is 11.5 Å². The van der Waals surface area contributed by atoms with Crippen molar-refractivity contribution in [3.8, 4) is 11.6 Å². The van der Waals surface area contributed by atoms with Gasteiger partial charge < -0.3 is 19.9 Å². The minimum absolute atomic E-state index is 0.385. The molecule has 0 amide bonds. The highest BCUT2D eigenvalue weighted by atomic mass is 16.5. The zero-order valence-electron chi connectivity index (χ0n) is 9.09. The Balaban J connectivity index is 1.82. The van der Waals surface area contributed by atoms with Crippen LogP contribution in [0.15, 0.2) is 10.6 Å². The van der Waals surface area contributed by atoms with Crippen LogP contribution in [0.4, 0.5) is 11.8 Å². The van der Waals surface area contributed by atoms with E-state index >= 15 is 0 Å².